The third-order valence-electron chi connectivity index (χ3n) is 1.52. The van der Waals surface area contributed by atoms with E-state index in [1.165, 1.54) is 25.3 Å². The van der Waals surface area contributed by atoms with E-state index in [4.69, 9.17) is 9.85 Å². The molecule has 4 nitrogen and oxygen atoms in total. The lowest BCUT2D eigenvalue weighted by molar-refractivity contribution is 0.0597. The summed E-state index contributed by atoms with van der Waals surface area (Å²) in [5, 5.41) is 0. The van der Waals surface area contributed by atoms with Crippen LogP contribution in [0.15, 0.2) is 18.2 Å². The second-order valence-electron chi connectivity index (χ2n) is 2.35. The van der Waals surface area contributed by atoms with Crippen LogP contribution in [-0.4, -0.2) is 20.1 Å². The fourth-order valence-corrected chi connectivity index (χ4v) is 0.902. The van der Waals surface area contributed by atoms with Crippen molar-refractivity contribution in [2.24, 2.45) is 0 Å². The largest absolute Gasteiger partial charge is 0.496 e. The number of benzene rings is 1. The van der Waals surface area contributed by atoms with Crippen LogP contribution in [-0.2, 0) is 4.74 Å². The molecule has 70 valence electrons. The second-order valence-corrected chi connectivity index (χ2v) is 2.35. The minimum absolute atomic E-state index is 0.0211. The molecule has 0 saturated carbocycles. The van der Waals surface area contributed by atoms with Crippen molar-refractivity contribution in [2.75, 3.05) is 19.9 Å². The van der Waals surface area contributed by atoms with Gasteiger partial charge in [-0.3, -0.25) is 0 Å². The molecule has 0 fully saturated rings. The maximum Gasteiger partial charge on any atom is 0.341 e. The molecular weight excluding hydrogens is 170 g/mol. The van der Waals surface area contributed by atoms with Crippen molar-refractivity contribution in [3.63, 3.8) is 0 Å². The van der Waals surface area contributed by atoms with E-state index in [0.29, 0.717) is 5.69 Å². The first-order chi connectivity index (χ1) is 7.33. The van der Waals surface area contributed by atoms with Gasteiger partial charge in [0, 0.05) is 11.8 Å². The standard InChI is InChI=1S/C9H11NO3/c1-12-8-5-6(10)3-4-7(8)9(11)13-2/h3-5H,10H2,1-2H3/i1D3. The Morgan fingerprint density at radius 2 is 2.38 bits per heavy atom. The Hall–Kier alpha value is -1.71. The van der Waals surface area contributed by atoms with Gasteiger partial charge in [-0.25, -0.2) is 4.79 Å². The Morgan fingerprint density at radius 1 is 1.62 bits per heavy atom. The van der Waals surface area contributed by atoms with Crippen LogP contribution in [0, 0.1) is 0 Å². The van der Waals surface area contributed by atoms with E-state index in [9.17, 15) is 4.79 Å². The molecule has 0 bridgehead atoms. The van der Waals surface area contributed by atoms with Crippen molar-refractivity contribution in [1.82, 2.24) is 0 Å². The molecule has 2 N–H and O–H groups in total. The zero-order valence-electron chi connectivity index (χ0n) is 10.0. The van der Waals surface area contributed by atoms with Gasteiger partial charge in [-0.2, -0.15) is 0 Å². The molecule has 0 amide bonds. The number of rotatable bonds is 2. The van der Waals surface area contributed by atoms with Gasteiger partial charge in [0.25, 0.3) is 0 Å². The number of nitrogens with two attached hydrogens (primary N) is 1. The highest BCUT2D eigenvalue weighted by Gasteiger charge is 2.11. The molecule has 0 unspecified atom stereocenters. The Labute approximate surface area is 80.5 Å². The highest BCUT2D eigenvalue weighted by Crippen LogP contribution is 2.21. The Kier molecular flexibility index (Phi) is 1.71. The molecule has 0 spiro atoms. The molecule has 0 radical (unpaired) electrons. The lowest BCUT2D eigenvalue weighted by atomic mass is 10.2. The second kappa shape index (κ2) is 3.80. The van der Waals surface area contributed by atoms with Gasteiger partial charge in [-0.05, 0) is 12.1 Å². The molecule has 1 aromatic carbocycles. The van der Waals surface area contributed by atoms with Gasteiger partial charge in [-0.1, -0.05) is 0 Å². The SMILES string of the molecule is [2H]C([2H])([2H])Oc1cc(N)ccc1C(=O)OC. The number of esters is 1. The van der Waals surface area contributed by atoms with E-state index in [-0.39, 0.29) is 11.3 Å². The summed E-state index contributed by atoms with van der Waals surface area (Å²) in [4.78, 5) is 11.3. The van der Waals surface area contributed by atoms with Crippen molar-refractivity contribution in [1.29, 1.82) is 0 Å². The lowest BCUT2D eigenvalue weighted by Crippen LogP contribution is -2.04. The summed E-state index contributed by atoms with van der Waals surface area (Å²) < 4.78 is 30.0. The van der Waals surface area contributed by atoms with Crippen molar-refractivity contribution in [3.05, 3.63) is 23.8 Å². The van der Waals surface area contributed by atoms with Crippen molar-refractivity contribution in [2.45, 2.75) is 0 Å². The molecule has 4 heteroatoms. The molecule has 1 aromatic rings. The summed E-state index contributed by atoms with van der Waals surface area (Å²) in [7, 11) is -1.45. The van der Waals surface area contributed by atoms with Gasteiger partial charge in [-0.15, -0.1) is 0 Å². The maximum absolute atomic E-state index is 11.3. The molecule has 0 heterocycles. The number of hydrogen-bond donors (Lipinski definition) is 1. The van der Waals surface area contributed by atoms with E-state index in [0.717, 1.165) is 0 Å². The highest BCUT2D eigenvalue weighted by atomic mass is 16.5. The zero-order chi connectivity index (χ0) is 12.3. The minimum atomic E-state index is -2.64. The van der Waals surface area contributed by atoms with E-state index in [1.54, 1.807) is 0 Å². The Morgan fingerprint density at radius 3 is 3.00 bits per heavy atom. The highest BCUT2D eigenvalue weighted by molar-refractivity contribution is 5.93. The summed E-state index contributed by atoms with van der Waals surface area (Å²) >= 11 is 0. The van der Waals surface area contributed by atoms with Crippen molar-refractivity contribution >= 4 is 11.7 Å². The smallest absolute Gasteiger partial charge is 0.341 e. The Balaban J connectivity index is 3.13. The van der Waals surface area contributed by atoms with Gasteiger partial charge in [0.1, 0.15) is 11.3 Å². The predicted octanol–water partition coefficient (Wildman–Crippen LogP) is 1.06. The lowest BCUT2D eigenvalue weighted by Gasteiger charge is -2.06. The van der Waals surface area contributed by atoms with Crippen LogP contribution < -0.4 is 10.5 Å². The first-order valence-corrected chi connectivity index (χ1v) is 3.50. The number of nitrogen functional groups attached to an aromatic ring is 1. The number of carbonyl (C=O) groups is 1. The normalized spacial score (nSPS) is 13.8. The summed E-state index contributed by atoms with van der Waals surface area (Å²) in [6.07, 6.45) is 0. The van der Waals surface area contributed by atoms with Crippen LogP contribution in [0.5, 0.6) is 5.75 Å². The molecule has 0 atom stereocenters. The topological polar surface area (TPSA) is 61.5 Å². The average Bonchev–Trinajstić information content (AvgIpc) is 2.14. The summed E-state index contributed by atoms with van der Waals surface area (Å²) in [6, 6.07) is 4.07. The number of hydrogen-bond acceptors (Lipinski definition) is 4. The number of methoxy groups -OCH3 is 2. The molecule has 0 aliphatic heterocycles. The number of anilines is 1. The quantitative estimate of drug-likeness (QED) is 0.551. The third kappa shape index (κ3) is 1.90. The van der Waals surface area contributed by atoms with Crippen LogP contribution in [0.3, 0.4) is 0 Å². The average molecular weight is 184 g/mol. The zero-order valence-corrected chi connectivity index (χ0v) is 7.03. The van der Waals surface area contributed by atoms with E-state index < -0.39 is 13.0 Å². The van der Waals surface area contributed by atoms with E-state index >= 15 is 0 Å². The Bertz CT molecular complexity index is 403. The number of ether oxygens (including phenoxy) is 2. The van der Waals surface area contributed by atoms with Gasteiger partial charge in [0.2, 0.25) is 0 Å². The van der Waals surface area contributed by atoms with Gasteiger partial charge < -0.3 is 15.2 Å². The van der Waals surface area contributed by atoms with Crippen LogP contribution in [0.25, 0.3) is 0 Å². The van der Waals surface area contributed by atoms with E-state index in [2.05, 4.69) is 9.47 Å². The van der Waals surface area contributed by atoms with Gasteiger partial charge >= 0.3 is 5.97 Å². The summed E-state index contributed by atoms with van der Waals surface area (Å²) in [6.45, 7) is 0. The predicted molar refractivity (Wildman–Crippen MR) is 48.7 cm³/mol. The fourth-order valence-electron chi connectivity index (χ4n) is 0.902. The van der Waals surface area contributed by atoms with Crippen molar-refractivity contribution < 1.29 is 18.4 Å². The maximum atomic E-state index is 11.3. The first kappa shape index (κ1) is 5.85. The van der Waals surface area contributed by atoms with Gasteiger partial charge in [0.15, 0.2) is 0 Å². The van der Waals surface area contributed by atoms with Crippen LogP contribution >= 0.6 is 0 Å². The molecule has 13 heavy (non-hydrogen) atoms. The van der Waals surface area contributed by atoms with Crippen LogP contribution in [0.4, 0.5) is 5.69 Å². The monoisotopic (exact) mass is 184 g/mol. The minimum Gasteiger partial charge on any atom is -0.496 e. The molecular formula is C9H11NO3. The van der Waals surface area contributed by atoms with Crippen LogP contribution in [0.2, 0.25) is 0 Å². The third-order valence-corrected chi connectivity index (χ3v) is 1.52. The summed E-state index contributed by atoms with van der Waals surface area (Å²) in [5.41, 5.74) is 5.79. The van der Waals surface area contributed by atoms with Crippen LogP contribution in [0.1, 0.15) is 14.5 Å². The summed E-state index contributed by atoms with van der Waals surface area (Å²) in [5.74, 6) is -0.800. The molecule has 0 saturated heterocycles. The number of carbonyl (C=O) groups excluding carboxylic acids is 1. The fraction of sp³-hybridized carbons (Fsp3) is 0.222. The molecule has 1 rings (SSSR count). The molecule has 0 aliphatic rings. The van der Waals surface area contributed by atoms with E-state index in [1.807, 2.05) is 0 Å². The first-order valence-electron chi connectivity index (χ1n) is 5.00. The van der Waals surface area contributed by atoms with Gasteiger partial charge in [0.05, 0.1) is 18.3 Å². The molecule has 0 aliphatic carbocycles. The molecule has 0 aromatic heterocycles. The van der Waals surface area contributed by atoms with Crippen molar-refractivity contribution in [3.8, 4) is 5.75 Å².